The molecule has 0 aliphatic rings. The average Bonchev–Trinajstić information content (AvgIpc) is 2.63. The molecule has 0 heterocycles. The Morgan fingerprint density at radius 3 is 0.971 bits per heavy atom. The molecule has 0 atom stereocenters. The Morgan fingerprint density at radius 2 is 0.686 bits per heavy atom. The highest BCUT2D eigenvalue weighted by Crippen LogP contribution is 2.49. The molecular weight excluding hydrogens is 691 g/mol. The van der Waals surface area contributed by atoms with E-state index in [1.54, 1.807) is 0 Å². The molecule has 0 radical (unpaired) electrons. The van der Waals surface area contributed by atoms with Crippen molar-refractivity contribution in [1.29, 1.82) is 0 Å². The highest BCUT2D eigenvalue weighted by atomic mass is 35.6. The van der Waals surface area contributed by atoms with E-state index in [2.05, 4.69) is 26.2 Å². The average molecular weight is 731 g/mol. The van der Waals surface area contributed by atoms with Crippen molar-refractivity contribution in [2.45, 2.75) is 132 Å². The van der Waals surface area contributed by atoms with E-state index >= 15 is 0 Å². The fraction of sp³-hybridized carbons (Fsp3) is 1.00. The molecular formula is C22H40Cl10OSi2. The molecule has 0 saturated carbocycles. The fourth-order valence-electron chi connectivity index (χ4n) is 3.99. The second kappa shape index (κ2) is 16.7. The molecule has 0 aromatic rings. The number of rotatable bonds is 18. The Balaban J connectivity index is 4.02. The maximum Gasteiger partial charge on any atom is 0.223 e. The Hall–Kier alpha value is 3.29. The van der Waals surface area contributed by atoms with Crippen molar-refractivity contribution in [2.24, 2.45) is 0 Å². The monoisotopic (exact) mass is 726 g/mol. The number of hydrogen-bond acceptors (Lipinski definition) is 1. The summed E-state index contributed by atoms with van der Waals surface area (Å²) in [7, 11) is -3.36. The number of hydrogen-bond donors (Lipinski definition) is 0. The van der Waals surface area contributed by atoms with E-state index in [0.717, 1.165) is 51.4 Å². The standard InChI is InChI=1S/C22H40Cl10OSi2/c1-34(2,17-13-9-5-7-11-15-19(23,24)21(27,28)29)33-35(3,4)18-14-10-6-8-12-16-20(25,26)22(30,31)32/h5-18H2,1-4H3. The molecule has 0 aliphatic carbocycles. The first-order chi connectivity index (χ1) is 15.6. The lowest BCUT2D eigenvalue weighted by Crippen LogP contribution is -2.44. The van der Waals surface area contributed by atoms with Crippen LogP contribution in [0, 0.1) is 0 Å². The van der Waals surface area contributed by atoms with Crippen LogP contribution in [0.3, 0.4) is 0 Å². The highest BCUT2D eigenvalue weighted by Gasteiger charge is 2.45. The number of halogens is 10. The Labute approximate surface area is 266 Å². The quantitative estimate of drug-likeness (QED) is 0.0775. The second-order valence-corrected chi connectivity index (χ2v) is 26.9. The lowest BCUT2D eigenvalue weighted by atomic mass is 10.1. The molecule has 0 N–H and O–H groups in total. The van der Waals surface area contributed by atoms with Gasteiger partial charge in [-0.2, -0.15) is 0 Å². The van der Waals surface area contributed by atoms with Crippen molar-refractivity contribution in [3.05, 3.63) is 0 Å². The van der Waals surface area contributed by atoms with Crippen LogP contribution in [0.15, 0.2) is 0 Å². The van der Waals surface area contributed by atoms with Crippen molar-refractivity contribution < 1.29 is 4.12 Å². The summed E-state index contributed by atoms with van der Waals surface area (Å²) in [6, 6.07) is 2.35. The van der Waals surface area contributed by atoms with E-state index < -0.39 is 32.9 Å². The molecule has 0 bridgehead atoms. The summed E-state index contributed by atoms with van der Waals surface area (Å²) in [6.07, 6.45) is 11.6. The van der Waals surface area contributed by atoms with Gasteiger partial charge in [0, 0.05) is 0 Å². The summed E-state index contributed by atoms with van der Waals surface area (Å²) < 4.78 is 0.731. The van der Waals surface area contributed by atoms with Gasteiger partial charge in [-0.25, -0.2) is 0 Å². The predicted molar refractivity (Wildman–Crippen MR) is 171 cm³/mol. The molecule has 212 valence electrons. The summed E-state index contributed by atoms with van der Waals surface area (Å²) >= 11 is 59.4. The van der Waals surface area contributed by atoms with Gasteiger partial charge in [-0.3, -0.25) is 0 Å². The van der Waals surface area contributed by atoms with Crippen LogP contribution in [0.5, 0.6) is 0 Å². The molecule has 0 fully saturated rings. The van der Waals surface area contributed by atoms with Gasteiger partial charge in [-0.15, -0.1) is 0 Å². The Kier molecular flexibility index (Phi) is 18.2. The van der Waals surface area contributed by atoms with E-state index in [-0.39, 0.29) is 0 Å². The SMILES string of the molecule is C[Si](C)(CCCCCCCC(Cl)(Cl)C(Cl)(Cl)Cl)O[Si](C)(C)CCCCCCCC(Cl)(Cl)C(Cl)(Cl)Cl. The van der Waals surface area contributed by atoms with Crippen LogP contribution in [-0.2, 0) is 4.12 Å². The topological polar surface area (TPSA) is 9.23 Å². The van der Waals surface area contributed by atoms with Crippen LogP contribution in [-0.4, -0.2) is 32.9 Å². The first-order valence-electron chi connectivity index (χ1n) is 12.2. The summed E-state index contributed by atoms with van der Waals surface area (Å²) in [5.41, 5.74) is 0. The van der Waals surface area contributed by atoms with Gasteiger partial charge in [0.2, 0.25) is 7.59 Å². The van der Waals surface area contributed by atoms with E-state index in [9.17, 15) is 0 Å². The van der Waals surface area contributed by atoms with Crippen LogP contribution in [0.25, 0.3) is 0 Å². The maximum atomic E-state index is 6.77. The number of unbranched alkanes of at least 4 members (excludes halogenated alkanes) is 8. The molecule has 13 heteroatoms. The van der Waals surface area contributed by atoms with Crippen molar-refractivity contribution in [3.63, 3.8) is 0 Å². The summed E-state index contributed by atoms with van der Waals surface area (Å²) in [4.78, 5) is 0. The minimum atomic E-state index is -1.68. The molecule has 0 aromatic carbocycles. The largest absolute Gasteiger partial charge is 0.455 e. The first kappa shape index (κ1) is 38.3. The molecule has 0 spiro atoms. The van der Waals surface area contributed by atoms with Crippen molar-refractivity contribution >= 4 is 133 Å². The van der Waals surface area contributed by atoms with Gasteiger partial charge >= 0.3 is 0 Å². The minimum absolute atomic E-state index is 0.463. The lowest BCUT2D eigenvalue weighted by molar-refractivity contribution is 0.516. The molecule has 35 heavy (non-hydrogen) atoms. The van der Waals surface area contributed by atoms with Crippen LogP contribution >= 0.6 is 116 Å². The molecule has 0 rings (SSSR count). The predicted octanol–water partition coefficient (Wildman–Crippen LogP) is 13.2. The van der Waals surface area contributed by atoms with Crippen LogP contribution in [0.4, 0.5) is 0 Å². The van der Waals surface area contributed by atoms with Gasteiger partial charge in [0.1, 0.15) is 0 Å². The normalized spacial score (nSPS) is 14.6. The number of alkyl halides is 10. The van der Waals surface area contributed by atoms with Gasteiger partial charge in [-0.1, -0.05) is 180 Å². The van der Waals surface area contributed by atoms with Gasteiger partial charge in [0.05, 0.1) is 0 Å². The lowest BCUT2D eigenvalue weighted by Gasteiger charge is -2.34. The molecule has 0 aromatic heterocycles. The van der Waals surface area contributed by atoms with E-state index in [1.165, 1.54) is 24.9 Å². The third-order valence-corrected chi connectivity index (χ3v) is 18.4. The summed E-state index contributed by atoms with van der Waals surface area (Å²) in [5, 5.41) is 0. The third-order valence-electron chi connectivity index (χ3n) is 5.92. The molecule has 1 nitrogen and oxygen atoms in total. The minimum Gasteiger partial charge on any atom is -0.455 e. The zero-order chi connectivity index (χ0) is 27.6. The smallest absolute Gasteiger partial charge is 0.223 e. The van der Waals surface area contributed by atoms with Crippen molar-refractivity contribution in [1.82, 2.24) is 0 Å². The molecule has 0 aliphatic heterocycles. The van der Waals surface area contributed by atoms with Crippen LogP contribution < -0.4 is 0 Å². The Morgan fingerprint density at radius 1 is 0.429 bits per heavy atom. The van der Waals surface area contributed by atoms with Gasteiger partial charge in [-0.05, 0) is 51.1 Å². The summed E-state index contributed by atoms with van der Waals surface area (Å²) in [5.74, 6) is 0. The second-order valence-electron chi connectivity index (χ2n) is 10.6. The maximum absolute atomic E-state index is 6.77. The molecule has 0 amide bonds. The molecule has 0 unspecified atom stereocenters. The van der Waals surface area contributed by atoms with Gasteiger partial charge < -0.3 is 4.12 Å². The molecule has 0 saturated heterocycles. The van der Waals surface area contributed by atoms with Gasteiger partial charge in [0.25, 0.3) is 0 Å². The Bertz CT molecular complexity index is 540. The van der Waals surface area contributed by atoms with Crippen molar-refractivity contribution in [3.8, 4) is 0 Å². The van der Waals surface area contributed by atoms with Crippen LogP contribution in [0.1, 0.15) is 77.0 Å². The van der Waals surface area contributed by atoms with Crippen LogP contribution in [0.2, 0.25) is 38.3 Å². The highest BCUT2D eigenvalue weighted by molar-refractivity contribution is 6.84. The van der Waals surface area contributed by atoms with Gasteiger partial charge in [0.15, 0.2) is 25.3 Å². The zero-order valence-corrected chi connectivity index (χ0v) is 30.6. The fourth-order valence-corrected chi connectivity index (χ4v) is 14.1. The zero-order valence-electron chi connectivity index (χ0n) is 21.1. The van der Waals surface area contributed by atoms with E-state index in [0.29, 0.717) is 12.8 Å². The van der Waals surface area contributed by atoms with Crippen molar-refractivity contribution in [2.75, 3.05) is 0 Å². The summed E-state index contributed by atoms with van der Waals surface area (Å²) in [6.45, 7) is 9.36. The first-order valence-corrected chi connectivity index (χ1v) is 22.2. The third kappa shape index (κ3) is 17.7. The van der Waals surface area contributed by atoms with E-state index in [4.69, 9.17) is 120 Å². The van der Waals surface area contributed by atoms with E-state index in [1.807, 2.05) is 0 Å².